The first-order valence-electron chi connectivity index (χ1n) is 8.89. The van der Waals surface area contributed by atoms with Crippen molar-refractivity contribution in [2.75, 3.05) is 5.75 Å². The van der Waals surface area contributed by atoms with Gasteiger partial charge in [-0.25, -0.2) is 8.42 Å². The second-order valence-electron chi connectivity index (χ2n) is 7.44. The number of alkyl halides is 3. The number of carbonyl (C=O) groups excluding carboxylic acids is 1. The normalized spacial score (nSPS) is 21.8. The van der Waals surface area contributed by atoms with Crippen LogP contribution < -0.4 is 0 Å². The van der Waals surface area contributed by atoms with Crippen LogP contribution in [0.2, 0.25) is 0 Å². The predicted octanol–water partition coefficient (Wildman–Crippen LogP) is 4.45. The van der Waals surface area contributed by atoms with Crippen molar-refractivity contribution in [1.29, 1.82) is 0 Å². The Morgan fingerprint density at radius 2 is 1.77 bits per heavy atom. The van der Waals surface area contributed by atoms with E-state index in [2.05, 4.69) is 0 Å². The molecule has 0 atom stereocenters. The van der Waals surface area contributed by atoms with E-state index < -0.39 is 26.8 Å². The third kappa shape index (κ3) is 5.56. The maximum absolute atomic E-state index is 12.8. The van der Waals surface area contributed by atoms with Gasteiger partial charge in [0.2, 0.25) is 0 Å². The molecule has 0 aliphatic heterocycles. The van der Waals surface area contributed by atoms with Gasteiger partial charge in [0.15, 0.2) is 9.84 Å². The first kappa shape index (κ1) is 20.9. The summed E-state index contributed by atoms with van der Waals surface area (Å²) in [5.74, 6) is -0.0313. The van der Waals surface area contributed by atoms with Crippen LogP contribution in [0.1, 0.15) is 50.7 Å². The largest absolute Gasteiger partial charge is 0.416 e. The molecule has 0 heterocycles. The van der Waals surface area contributed by atoms with Gasteiger partial charge in [0, 0.05) is 12.3 Å². The van der Waals surface area contributed by atoms with Crippen LogP contribution in [0, 0.1) is 11.8 Å². The molecule has 1 aromatic carbocycles. The van der Waals surface area contributed by atoms with E-state index in [0.29, 0.717) is 31.2 Å². The molecule has 2 rings (SSSR count). The van der Waals surface area contributed by atoms with Crippen LogP contribution in [0.3, 0.4) is 0 Å². The maximum Gasteiger partial charge on any atom is 0.416 e. The third-order valence-electron chi connectivity index (χ3n) is 5.12. The van der Waals surface area contributed by atoms with Crippen molar-refractivity contribution in [3.63, 3.8) is 0 Å². The number of carbonyl (C=O) groups is 1. The van der Waals surface area contributed by atoms with Crippen LogP contribution in [0.5, 0.6) is 0 Å². The Morgan fingerprint density at radius 3 is 2.31 bits per heavy atom. The maximum atomic E-state index is 12.8. The van der Waals surface area contributed by atoms with Crippen molar-refractivity contribution >= 4 is 15.6 Å². The van der Waals surface area contributed by atoms with E-state index in [0.717, 1.165) is 12.1 Å². The van der Waals surface area contributed by atoms with Crippen molar-refractivity contribution in [3.8, 4) is 0 Å². The molecule has 0 bridgehead atoms. The molecule has 0 saturated heterocycles. The molecule has 0 spiro atoms. The van der Waals surface area contributed by atoms with Gasteiger partial charge in [-0.05, 0) is 57.1 Å². The Hall–Kier alpha value is -1.37. The highest BCUT2D eigenvalue weighted by Crippen LogP contribution is 2.33. The topological polar surface area (TPSA) is 51.2 Å². The van der Waals surface area contributed by atoms with E-state index in [-0.39, 0.29) is 29.8 Å². The van der Waals surface area contributed by atoms with Gasteiger partial charge in [0.25, 0.3) is 0 Å². The number of ketones is 1. The molecule has 0 amide bonds. The molecular formula is C19H25F3O3S. The fourth-order valence-corrected chi connectivity index (χ4v) is 4.75. The second kappa shape index (κ2) is 8.11. The Bertz CT molecular complexity index is 731. The molecule has 3 nitrogen and oxygen atoms in total. The Morgan fingerprint density at radius 1 is 1.15 bits per heavy atom. The van der Waals surface area contributed by atoms with Crippen LogP contribution in [0.15, 0.2) is 24.3 Å². The monoisotopic (exact) mass is 390 g/mol. The zero-order chi connectivity index (χ0) is 19.5. The fraction of sp³-hybridized carbons (Fsp3) is 0.632. The van der Waals surface area contributed by atoms with Crippen molar-refractivity contribution in [3.05, 3.63) is 35.4 Å². The zero-order valence-electron chi connectivity index (χ0n) is 15.1. The number of hydrogen-bond donors (Lipinski definition) is 0. The lowest BCUT2D eigenvalue weighted by molar-refractivity contribution is -0.137. The summed E-state index contributed by atoms with van der Waals surface area (Å²) in [7, 11) is -3.09. The summed E-state index contributed by atoms with van der Waals surface area (Å²) in [6.07, 6.45) is -1.87. The lowest BCUT2D eigenvalue weighted by atomic mass is 9.79. The van der Waals surface area contributed by atoms with Crippen LogP contribution >= 0.6 is 0 Å². The van der Waals surface area contributed by atoms with E-state index in [9.17, 15) is 26.4 Å². The summed E-state index contributed by atoms with van der Waals surface area (Å²) in [6, 6.07) is 4.88. The van der Waals surface area contributed by atoms with Crippen molar-refractivity contribution in [1.82, 2.24) is 0 Å². The number of hydrogen-bond acceptors (Lipinski definition) is 3. The van der Waals surface area contributed by atoms with E-state index in [1.807, 2.05) is 0 Å². The van der Waals surface area contributed by atoms with E-state index in [1.54, 1.807) is 13.8 Å². The number of Topliss-reactive ketones (excluding diaryl/α,β-unsaturated/α-hetero) is 1. The lowest BCUT2D eigenvalue weighted by Crippen LogP contribution is -2.29. The molecule has 1 aliphatic carbocycles. The third-order valence-corrected chi connectivity index (χ3v) is 7.49. The van der Waals surface area contributed by atoms with Crippen molar-refractivity contribution in [2.45, 2.75) is 57.4 Å². The van der Waals surface area contributed by atoms with Crippen LogP contribution in [-0.4, -0.2) is 25.2 Å². The van der Waals surface area contributed by atoms with Gasteiger partial charge in [-0.1, -0.05) is 18.2 Å². The Balaban J connectivity index is 1.91. The lowest BCUT2D eigenvalue weighted by Gasteiger charge is -2.28. The minimum atomic E-state index is -4.42. The highest BCUT2D eigenvalue weighted by Gasteiger charge is 2.32. The number of halogens is 3. The minimum Gasteiger partial charge on any atom is -0.299 e. The summed E-state index contributed by atoms with van der Waals surface area (Å²) in [4.78, 5) is 12.4. The van der Waals surface area contributed by atoms with E-state index in [4.69, 9.17) is 0 Å². The van der Waals surface area contributed by atoms with Gasteiger partial charge in [0.1, 0.15) is 5.78 Å². The Kier molecular flexibility index (Phi) is 6.53. The summed E-state index contributed by atoms with van der Waals surface area (Å²) in [5.41, 5.74) is -0.375. The number of rotatable bonds is 6. The van der Waals surface area contributed by atoms with Crippen molar-refractivity contribution < 1.29 is 26.4 Å². The average Bonchev–Trinajstić information content (AvgIpc) is 2.54. The molecule has 0 N–H and O–H groups in total. The zero-order valence-corrected chi connectivity index (χ0v) is 15.9. The smallest absolute Gasteiger partial charge is 0.299 e. The highest BCUT2D eigenvalue weighted by molar-refractivity contribution is 7.91. The van der Waals surface area contributed by atoms with Crippen LogP contribution in [0.4, 0.5) is 13.2 Å². The van der Waals surface area contributed by atoms with Gasteiger partial charge in [-0.2, -0.15) is 13.2 Å². The highest BCUT2D eigenvalue weighted by atomic mass is 32.2. The van der Waals surface area contributed by atoms with E-state index >= 15 is 0 Å². The van der Waals surface area contributed by atoms with Gasteiger partial charge in [-0.15, -0.1) is 0 Å². The minimum absolute atomic E-state index is 0.0104. The molecule has 1 aromatic rings. The molecule has 26 heavy (non-hydrogen) atoms. The molecule has 0 radical (unpaired) electrons. The predicted molar refractivity (Wildman–Crippen MR) is 94.5 cm³/mol. The quantitative estimate of drug-likeness (QED) is 0.721. The van der Waals surface area contributed by atoms with Gasteiger partial charge in [-0.3, -0.25) is 4.79 Å². The summed E-state index contributed by atoms with van der Waals surface area (Å²) in [6.45, 7) is 3.33. The first-order chi connectivity index (χ1) is 12.0. The summed E-state index contributed by atoms with van der Waals surface area (Å²) < 4.78 is 62.3. The van der Waals surface area contributed by atoms with Crippen molar-refractivity contribution in [2.24, 2.45) is 11.8 Å². The van der Waals surface area contributed by atoms with Gasteiger partial charge >= 0.3 is 6.18 Å². The van der Waals surface area contributed by atoms with Crippen LogP contribution in [-0.2, 0) is 27.2 Å². The second-order valence-corrected chi connectivity index (χ2v) is 10.0. The standard InChI is InChI=1S/C19H25F3O3S/c1-13(2)26(24,25)12-14-6-8-16(9-7-14)18(23)11-15-4-3-5-17(10-15)19(20,21)22/h3-5,10,13-14,16H,6-9,11-12H2,1-2H3. The molecule has 1 aliphatic rings. The SMILES string of the molecule is CC(C)S(=O)(=O)CC1CCC(C(=O)Cc2cccc(C(F)(F)F)c2)CC1. The molecule has 0 aromatic heterocycles. The Labute approximate surface area is 152 Å². The average molecular weight is 390 g/mol. The van der Waals surface area contributed by atoms with Gasteiger partial charge < -0.3 is 0 Å². The summed E-state index contributed by atoms with van der Waals surface area (Å²) in [5, 5.41) is -0.400. The number of benzene rings is 1. The van der Waals surface area contributed by atoms with Gasteiger partial charge in [0.05, 0.1) is 16.6 Å². The summed E-state index contributed by atoms with van der Waals surface area (Å²) >= 11 is 0. The van der Waals surface area contributed by atoms with Crippen LogP contribution in [0.25, 0.3) is 0 Å². The van der Waals surface area contributed by atoms with E-state index in [1.165, 1.54) is 12.1 Å². The molecular weight excluding hydrogens is 365 g/mol. The molecule has 7 heteroatoms. The molecule has 1 saturated carbocycles. The fourth-order valence-electron chi connectivity index (χ4n) is 3.38. The molecule has 146 valence electrons. The first-order valence-corrected chi connectivity index (χ1v) is 10.6. The molecule has 1 fully saturated rings. The molecule has 0 unspecified atom stereocenters. The number of sulfone groups is 1.